The van der Waals surface area contributed by atoms with Crippen LogP contribution in [0.1, 0.15) is 134 Å². The Morgan fingerprint density at radius 1 is 0.532 bits per heavy atom. The molecule has 5 saturated heterocycles. The Balaban J connectivity index is 0.905. The maximum Gasteiger partial charge on any atom is 0.131 e. The van der Waals surface area contributed by atoms with Crippen LogP contribution in [-0.4, -0.2) is 78.7 Å². The van der Waals surface area contributed by atoms with Gasteiger partial charge in [-0.25, -0.2) is 0 Å². The number of fused-ring (bicyclic) bond motifs is 21. The van der Waals surface area contributed by atoms with E-state index in [9.17, 15) is 0 Å². The molecule has 10 aliphatic rings. The van der Waals surface area contributed by atoms with Crippen LogP contribution in [0.2, 0.25) is 0 Å². The molecule has 8 bridgehead atoms. The second kappa shape index (κ2) is 17.8. The average Bonchev–Trinajstić information content (AvgIpc) is 4.10. The van der Waals surface area contributed by atoms with Crippen molar-refractivity contribution in [2.45, 2.75) is 189 Å². The van der Waals surface area contributed by atoms with Crippen LogP contribution in [0, 0.1) is 47.3 Å². The molecule has 18 unspecified atom stereocenters. The van der Waals surface area contributed by atoms with Gasteiger partial charge in [0, 0.05) is 17.5 Å². The largest absolute Gasteiger partial charge is 0.351 e. The first kappa shape index (κ1) is 42.2. The Kier molecular flexibility index (Phi) is 12.1. The van der Waals surface area contributed by atoms with Crippen molar-refractivity contribution >= 4 is 5.84 Å². The van der Waals surface area contributed by atoms with Crippen LogP contribution in [0.4, 0.5) is 0 Å². The number of allylic oxidation sites excluding steroid dienone is 3. The summed E-state index contributed by atoms with van der Waals surface area (Å²) in [6, 6.07) is 10.2. The van der Waals surface area contributed by atoms with Crippen LogP contribution in [0.3, 0.4) is 0 Å². The summed E-state index contributed by atoms with van der Waals surface area (Å²) in [6.07, 6.45) is 31.0. The number of hydrogen-bond donors (Lipinski definition) is 8. The highest BCUT2D eigenvalue weighted by atomic mass is 15.4. The summed E-state index contributed by atoms with van der Waals surface area (Å²) < 4.78 is 0. The second-order valence-corrected chi connectivity index (χ2v) is 21.9. The maximum absolute atomic E-state index is 5.74. The fourth-order valence-electron chi connectivity index (χ4n) is 16.0. The molecule has 1 aromatic carbocycles. The van der Waals surface area contributed by atoms with Gasteiger partial charge in [-0.1, -0.05) is 87.9 Å². The molecular formula is C52H80N10. The molecule has 8 N–H and O–H groups in total. The summed E-state index contributed by atoms with van der Waals surface area (Å²) in [5.74, 6) is 6.27. The molecule has 62 heavy (non-hydrogen) atoms. The predicted octanol–water partition coefficient (Wildman–Crippen LogP) is 6.70. The molecule has 9 fully saturated rings. The number of aliphatic imine (C=N–C) groups is 1. The SMILES string of the molecule is C=CCC(CC=C)(CC=C)c1ccc(C2=NC3CC4C5NC6NC(NC7NC(NC8NC(NC(N5)C4CC3N2CCC)C2CCCCC82)C2CCCCC72)C2CCCCC62)cc1. The Morgan fingerprint density at radius 2 is 0.887 bits per heavy atom. The average molecular weight is 845 g/mol. The highest BCUT2D eigenvalue weighted by Crippen LogP contribution is 2.48. The molecule has 10 nitrogen and oxygen atoms in total. The van der Waals surface area contributed by atoms with E-state index in [4.69, 9.17) is 4.99 Å². The predicted molar refractivity (Wildman–Crippen MR) is 252 cm³/mol. The third-order valence-electron chi connectivity index (χ3n) is 18.7. The number of hydrogen-bond acceptors (Lipinski definition) is 10. The zero-order valence-electron chi connectivity index (χ0n) is 37.9. The lowest BCUT2D eigenvalue weighted by Crippen LogP contribution is -2.61. The molecule has 0 amide bonds. The van der Waals surface area contributed by atoms with E-state index in [2.05, 4.69) is 117 Å². The molecular weight excluding hydrogens is 765 g/mol. The molecule has 0 spiro atoms. The van der Waals surface area contributed by atoms with E-state index in [0.717, 1.165) is 45.1 Å². The number of amidine groups is 1. The molecule has 4 saturated carbocycles. The van der Waals surface area contributed by atoms with Crippen molar-refractivity contribution in [3.63, 3.8) is 0 Å². The van der Waals surface area contributed by atoms with Crippen molar-refractivity contribution in [3.05, 3.63) is 73.4 Å². The second-order valence-electron chi connectivity index (χ2n) is 21.9. The summed E-state index contributed by atoms with van der Waals surface area (Å²) in [7, 11) is 0. The van der Waals surface area contributed by atoms with E-state index in [1.165, 1.54) is 94.0 Å². The first-order valence-corrected chi connectivity index (χ1v) is 25.9. The van der Waals surface area contributed by atoms with Crippen molar-refractivity contribution < 1.29 is 0 Å². The Morgan fingerprint density at radius 3 is 1.24 bits per heavy atom. The van der Waals surface area contributed by atoms with Crippen molar-refractivity contribution in [2.75, 3.05) is 6.54 Å². The molecule has 0 aromatic heterocycles. The Bertz CT molecular complexity index is 1770. The number of nitrogens with one attached hydrogen (secondary N) is 8. The van der Waals surface area contributed by atoms with Gasteiger partial charge in [0.2, 0.25) is 0 Å². The molecule has 0 radical (unpaired) electrons. The third-order valence-corrected chi connectivity index (χ3v) is 18.7. The highest BCUT2D eigenvalue weighted by Gasteiger charge is 2.57. The van der Waals surface area contributed by atoms with Crippen molar-refractivity contribution in [3.8, 4) is 0 Å². The van der Waals surface area contributed by atoms with Crippen LogP contribution in [0.15, 0.2) is 67.2 Å². The fourth-order valence-corrected chi connectivity index (χ4v) is 16.0. The molecule has 1 aromatic rings. The molecule has 6 heterocycles. The van der Waals surface area contributed by atoms with Gasteiger partial charge in [-0.05, 0) is 130 Å². The smallest absolute Gasteiger partial charge is 0.131 e. The van der Waals surface area contributed by atoms with Gasteiger partial charge >= 0.3 is 0 Å². The quantitative estimate of drug-likeness (QED) is 0.122. The monoisotopic (exact) mass is 845 g/mol. The van der Waals surface area contributed by atoms with Gasteiger partial charge in [0.05, 0.1) is 61.4 Å². The van der Waals surface area contributed by atoms with Crippen LogP contribution >= 0.6 is 0 Å². The van der Waals surface area contributed by atoms with Crippen LogP contribution in [0.5, 0.6) is 0 Å². The van der Waals surface area contributed by atoms with E-state index < -0.39 is 0 Å². The van der Waals surface area contributed by atoms with Gasteiger partial charge < -0.3 is 4.90 Å². The van der Waals surface area contributed by atoms with Gasteiger partial charge in [0.15, 0.2) is 0 Å². The van der Waals surface area contributed by atoms with Gasteiger partial charge in [-0.2, -0.15) is 0 Å². The van der Waals surface area contributed by atoms with Gasteiger partial charge in [-0.3, -0.25) is 47.5 Å². The summed E-state index contributed by atoms with van der Waals surface area (Å²) >= 11 is 0. The van der Waals surface area contributed by atoms with E-state index in [-0.39, 0.29) is 17.7 Å². The summed E-state index contributed by atoms with van der Waals surface area (Å²) in [4.78, 5) is 8.46. The molecule has 10 heteroatoms. The highest BCUT2D eigenvalue weighted by molar-refractivity contribution is 6.00. The minimum atomic E-state index is -0.0531. The third kappa shape index (κ3) is 7.43. The first-order valence-electron chi connectivity index (χ1n) is 25.9. The Hall–Kier alpha value is -2.41. The van der Waals surface area contributed by atoms with Gasteiger partial charge in [0.25, 0.3) is 0 Å². The van der Waals surface area contributed by atoms with E-state index in [1.54, 1.807) is 0 Å². The zero-order chi connectivity index (χ0) is 42.0. The number of nitrogens with zero attached hydrogens (tertiary/aromatic N) is 2. The molecule has 4 aliphatic carbocycles. The van der Waals surface area contributed by atoms with Crippen LogP contribution < -0.4 is 42.5 Å². The van der Waals surface area contributed by atoms with Crippen molar-refractivity contribution in [1.29, 1.82) is 0 Å². The van der Waals surface area contributed by atoms with Gasteiger partial charge in [0.1, 0.15) is 5.84 Å². The lowest BCUT2D eigenvalue weighted by molar-refractivity contribution is 0.120. The minimum absolute atomic E-state index is 0.0531. The maximum atomic E-state index is 5.74. The topological polar surface area (TPSA) is 112 Å². The van der Waals surface area contributed by atoms with E-state index in [1.807, 2.05) is 0 Å². The molecule has 18 atom stereocenters. The lowest BCUT2D eigenvalue weighted by Gasteiger charge is -2.41. The standard InChI is InChI=1S/C52H80N10/c1-5-25-52(26-6-2,27-7-3)32-23-21-31(22-24-32)51-53-41-29-39-40(30-42(41)62(51)28-8-4)50-60-48-38-20-14-12-18-36(38)46(58-48)56-44-34-16-10-9-15-33(34)43(54-44)55-45-35-17-11-13-19-37(35)47(57-45)59-49(39)61-50/h5-7,21-24,33-50,54-61H,1-3,8-20,25-30H2,4H3. The van der Waals surface area contributed by atoms with Crippen molar-refractivity contribution in [1.82, 2.24) is 47.4 Å². The first-order chi connectivity index (χ1) is 30.5. The molecule has 338 valence electrons. The fraction of sp³-hybridized carbons (Fsp3) is 0.750. The van der Waals surface area contributed by atoms with Gasteiger partial charge in [-0.15, -0.1) is 19.7 Å². The molecule has 11 rings (SSSR count). The van der Waals surface area contributed by atoms with Crippen molar-refractivity contribution in [2.24, 2.45) is 52.3 Å². The number of rotatable bonds is 10. The van der Waals surface area contributed by atoms with E-state index >= 15 is 0 Å². The summed E-state index contributed by atoms with van der Waals surface area (Å²) in [5, 5.41) is 34.6. The number of benzene rings is 1. The van der Waals surface area contributed by atoms with Crippen LogP contribution in [0.25, 0.3) is 0 Å². The van der Waals surface area contributed by atoms with Crippen LogP contribution in [-0.2, 0) is 5.41 Å². The normalized spacial score (nSPS) is 44.7. The lowest BCUT2D eigenvalue weighted by atomic mass is 9.72. The minimum Gasteiger partial charge on any atom is -0.351 e. The summed E-state index contributed by atoms with van der Waals surface area (Å²) in [5.41, 5.74) is 2.54. The summed E-state index contributed by atoms with van der Waals surface area (Å²) in [6.45, 7) is 15.8. The molecule has 6 aliphatic heterocycles. The zero-order valence-corrected chi connectivity index (χ0v) is 37.9. The van der Waals surface area contributed by atoms with E-state index in [0.29, 0.717) is 96.4 Å². The Labute approximate surface area is 373 Å².